The number of carbonyl (C=O) groups excluding carboxylic acids is 1. The Labute approximate surface area is 110 Å². The van der Waals surface area contributed by atoms with E-state index in [4.69, 9.17) is 5.73 Å². The van der Waals surface area contributed by atoms with Crippen molar-refractivity contribution in [1.82, 2.24) is 0 Å². The molecule has 0 saturated heterocycles. The van der Waals surface area contributed by atoms with Gasteiger partial charge in [-0.05, 0) is 31.4 Å². The van der Waals surface area contributed by atoms with Gasteiger partial charge in [-0.15, -0.1) is 0 Å². The molecule has 0 aromatic heterocycles. The summed E-state index contributed by atoms with van der Waals surface area (Å²) >= 11 is 0. The predicted molar refractivity (Wildman–Crippen MR) is 67.7 cm³/mol. The molecule has 1 aromatic rings. The number of hydrogen-bond donors (Lipinski definition) is 1. The van der Waals surface area contributed by atoms with Gasteiger partial charge < -0.3 is 5.73 Å². The number of alkyl halides is 3. The van der Waals surface area contributed by atoms with Crippen molar-refractivity contribution in [3.63, 3.8) is 0 Å². The lowest BCUT2D eigenvalue weighted by Gasteiger charge is -2.08. The second-order valence-corrected chi connectivity index (χ2v) is 4.78. The van der Waals surface area contributed by atoms with Crippen LogP contribution < -0.4 is 5.73 Å². The molecule has 2 nitrogen and oxygen atoms in total. The van der Waals surface area contributed by atoms with Crippen LogP contribution in [-0.2, 0) is 17.4 Å². The average Bonchev–Trinajstić information content (AvgIpc) is 2.27. The number of benzene rings is 1. The molecular weight excluding hydrogens is 255 g/mol. The summed E-state index contributed by atoms with van der Waals surface area (Å²) in [7, 11) is 0. The Bertz CT molecular complexity index is 427. The molecule has 1 atom stereocenters. The first-order valence-corrected chi connectivity index (χ1v) is 6.22. The highest BCUT2D eigenvalue weighted by atomic mass is 19.4. The van der Waals surface area contributed by atoms with E-state index in [9.17, 15) is 18.0 Å². The third kappa shape index (κ3) is 5.87. The molecule has 0 fully saturated rings. The van der Waals surface area contributed by atoms with Crippen LogP contribution in [0, 0.1) is 0 Å². The molecule has 106 valence electrons. The highest BCUT2D eigenvalue weighted by Crippen LogP contribution is 2.29. The van der Waals surface area contributed by atoms with Crippen LogP contribution >= 0.6 is 0 Å². The minimum absolute atomic E-state index is 0.0429. The fourth-order valence-electron chi connectivity index (χ4n) is 1.79. The monoisotopic (exact) mass is 273 g/mol. The molecule has 0 aliphatic carbocycles. The standard InChI is InChI=1S/C14H18F3NO/c1-10(18)4-2-7-13(19)9-11-5-3-6-12(8-11)14(15,16)17/h3,5-6,8,10H,2,4,7,9,18H2,1H3. The number of nitrogens with two attached hydrogens (primary N) is 1. The normalized spacial score (nSPS) is 13.3. The maximum atomic E-state index is 12.5. The predicted octanol–water partition coefficient (Wildman–Crippen LogP) is 3.33. The molecule has 0 saturated carbocycles. The van der Waals surface area contributed by atoms with Crippen LogP contribution in [0.15, 0.2) is 24.3 Å². The van der Waals surface area contributed by atoms with Crippen LogP contribution in [0.1, 0.15) is 37.3 Å². The number of rotatable bonds is 6. The first kappa shape index (κ1) is 15.7. The second-order valence-electron chi connectivity index (χ2n) is 4.78. The van der Waals surface area contributed by atoms with Crippen molar-refractivity contribution in [1.29, 1.82) is 0 Å². The van der Waals surface area contributed by atoms with E-state index in [-0.39, 0.29) is 18.2 Å². The lowest BCUT2D eigenvalue weighted by atomic mass is 10.0. The molecule has 0 amide bonds. The summed E-state index contributed by atoms with van der Waals surface area (Å²) in [6.45, 7) is 1.86. The summed E-state index contributed by atoms with van der Waals surface area (Å²) < 4.78 is 37.5. The van der Waals surface area contributed by atoms with E-state index in [0.717, 1.165) is 18.6 Å². The maximum absolute atomic E-state index is 12.5. The van der Waals surface area contributed by atoms with Gasteiger partial charge in [0.2, 0.25) is 0 Å². The van der Waals surface area contributed by atoms with Crippen LogP contribution in [0.25, 0.3) is 0 Å². The highest BCUT2D eigenvalue weighted by Gasteiger charge is 2.30. The van der Waals surface area contributed by atoms with Crippen molar-refractivity contribution in [3.05, 3.63) is 35.4 Å². The van der Waals surface area contributed by atoms with E-state index in [2.05, 4.69) is 0 Å². The fourth-order valence-corrected chi connectivity index (χ4v) is 1.79. The number of ketones is 1. The van der Waals surface area contributed by atoms with E-state index in [1.54, 1.807) is 6.07 Å². The number of Topliss-reactive ketones (excluding diaryl/α,β-unsaturated/α-hetero) is 1. The zero-order valence-electron chi connectivity index (χ0n) is 10.8. The van der Waals surface area contributed by atoms with Crippen molar-refractivity contribution >= 4 is 5.78 Å². The minimum Gasteiger partial charge on any atom is -0.328 e. The summed E-state index contributed by atoms with van der Waals surface area (Å²) in [6, 6.07) is 4.95. The summed E-state index contributed by atoms with van der Waals surface area (Å²) in [4.78, 5) is 11.6. The first-order valence-electron chi connectivity index (χ1n) is 6.22. The van der Waals surface area contributed by atoms with Gasteiger partial charge in [0.1, 0.15) is 5.78 Å². The number of halogens is 3. The second kappa shape index (κ2) is 6.70. The van der Waals surface area contributed by atoms with Crippen LogP contribution in [0.5, 0.6) is 0 Å². The molecular formula is C14H18F3NO. The Morgan fingerprint density at radius 2 is 2.05 bits per heavy atom. The molecule has 0 aliphatic rings. The third-order valence-corrected chi connectivity index (χ3v) is 2.77. The van der Waals surface area contributed by atoms with Crippen molar-refractivity contribution in [3.8, 4) is 0 Å². The van der Waals surface area contributed by atoms with Crippen molar-refractivity contribution in [2.24, 2.45) is 5.73 Å². The Hall–Kier alpha value is -1.36. The molecule has 0 bridgehead atoms. The van der Waals surface area contributed by atoms with E-state index in [1.807, 2.05) is 6.92 Å². The Morgan fingerprint density at radius 1 is 1.37 bits per heavy atom. The van der Waals surface area contributed by atoms with Gasteiger partial charge in [0.15, 0.2) is 0 Å². The number of hydrogen-bond acceptors (Lipinski definition) is 2. The summed E-state index contributed by atoms with van der Waals surface area (Å²) in [6.07, 6.45) is -2.54. The Morgan fingerprint density at radius 3 is 2.63 bits per heavy atom. The summed E-state index contributed by atoms with van der Waals surface area (Å²) in [5, 5.41) is 0. The molecule has 1 aromatic carbocycles. The molecule has 2 N–H and O–H groups in total. The molecule has 0 heterocycles. The Kier molecular flexibility index (Phi) is 5.54. The maximum Gasteiger partial charge on any atom is 0.416 e. The lowest BCUT2D eigenvalue weighted by Crippen LogP contribution is -2.15. The van der Waals surface area contributed by atoms with E-state index >= 15 is 0 Å². The van der Waals surface area contributed by atoms with Gasteiger partial charge in [0.05, 0.1) is 5.56 Å². The smallest absolute Gasteiger partial charge is 0.328 e. The fraction of sp³-hybridized carbons (Fsp3) is 0.500. The summed E-state index contributed by atoms with van der Waals surface area (Å²) in [5.74, 6) is -0.0556. The van der Waals surface area contributed by atoms with Crippen molar-refractivity contribution < 1.29 is 18.0 Å². The van der Waals surface area contributed by atoms with Crippen LogP contribution in [0.4, 0.5) is 13.2 Å². The van der Waals surface area contributed by atoms with Crippen LogP contribution in [0.3, 0.4) is 0 Å². The molecule has 19 heavy (non-hydrogen) atoms. The van der Waals surface area contributed by atoms with E-state index in [0.29, 0.717) is 18.4 Å². The van der Waals surface area contributed by atoms with Gasteiger partial charge in [-0.25, -0.2) is 0 Å². The lowest BCUT2D eigenvalue weighted by molar-refractivity contribution is -0.137. The molecule has 0 aliphatic heterocycles. The quantitative estimate of drug-likeness (QED) is 0.863. The first-order chi connectivity index (χ1) is 8.79. The molecule has 1 rings (SSSR count). The van der Waals surface area contributed by atoms with Gasteiger partial charge in [-0.1, -0.05) is 18.2 Å². The zero-order valence-corrected chi connectivity index (χ0v) is 10.8. The topological polar surface area (TPSA) is 43.1 Å². The zero-order chi connectivity index (χ0) is 14.5. The van der Waals surface area contributed by atoms with E-state index in [1.165, 1.54) is 6.07 Å². The average molecular weight is 273 g/mol. The van der Waals surface area contributed by atoms with Gasteiger partial charge in [-0.2, -0.15) is 13.2 Å². The SMILES string of the molecule is CC(N)CCCC(=O)Cc1cccc(C(F)(F)F)c1. The molecule has 1 unspecified atom stereocenters. The van der Waals surface area contributed by atoms with Crippen molar-refractivity contribution in [2.45, 2.75) is 44.8 Å². The highest BCUT2D eigenvalue weighted by molar-refractivity contribution is 5.80. The number of carbonyl (C=O) groups is 1. The molecule has 5 heteroatoms. The van der Waals surface area contributed by atoms with Crippen molar-refractivity contribution in [2.75, 3.05) is 0 Å². The van der Waals surface area contributed by atoms with Gasteiger partial charge in [0.25, 0.3) is 0 Å². The van der Waals surface area contributed by atoms with Gasteiger partial charge >= 0.3 is 6.18 Å². The Balaban J connectivity index is 2.55. The third-order valence-electron chi connectivity index (χ3n) is 2.77. The largest absolute Gasteiger partial charge is 0.416 e. The minimum atomic E-state index is -4.37. The summed E-state index contributed by atoms with van der Waals surface area (Å²) in [5.41, 5.74) is 5.25. The van der Waals surface area contributed by atoms with E-state index < -0.39 is 11.7 Å². The van der Waals surface area contributed by atoms with Gasteiger partial charge in [0, 0.05) is 18.9 Å². The van der Waals surface area contributed by atoms with Crippen LogP contribution in [-0.4, -0.2) is 11.8 Å². The molecule has 0 radical (unpaired) electrons. The molecule has 0 spiro atoms. The van der Waals surface area contributed by atoms with Gasteiger partial charge in [-0.3, -0.25) is 4.79 Å². The van der Waals surface area contributed by atoms with Crippen LogP contribution in [0.2, 0.25) is 0 Å².